The number of benzene rings is 2. The van der Waals surface area contributed by atoms with E-state index in [1.165, 1.54) is 12.1 Å². The maximum absolute atomic E-state index is 12.8. The Labute approximate surface area is 164 Å². The van der Waals surface area contributed by atoms with Gasteiger partial charge in [0.2, 0.25) is 0 Å². The van der Waals surface area contributed by atoms with Gasteiger partial charge in [-0.1, -0.05) is 6.07 Å². The van der Waals surface area contributed by atoms with Crippen molar-refractivity contribution in [3.05, 3.63) is 53.8 Å². The van der Waals surface area contributed by atoms with E-state index in [0.717, 1.165) is 34.8 Å². The lowest BCUT2D eigenvalue weighted by Crippen LogP contribution is -2.33. The molecule has 2 rings (SSSR count). The Kier molecular flexibility index (Phi) is 8.77. The van der Waals surface area contributed by atoms with Crippen LogP contribution in [-0.2, 0) is 6.42 Å². The van der Waals surface area contributed by atoms with E-state index in [2.05, 4.69) is 10.3 Å². The van der Waals surface area contributed by atoms with E-state index in [9.17, 15) is 4.39 Å². The summed E-state index contributed by atoms with van der Waals surface area (Å²) in [6.45, 7) is 1.35. The van der Waals surface area contributed by atoms with Gasteiger partial charge in [0.25, 0.3) is 0 Å². The molecule has 0 aliphatic rings. The van der Waals surface area contributed by atoms with E-state index in [-0.39, 0.29) is 5.82 Å². The van der Waals surface area contributed by atoms with Crippen LogP contribution < -0.4 is 20.5 Å². The minimum absolute atomic E-state index is 0.212. The maximum atomic E-state index is 12.8. The Balaban J connectivity index is 1.65. The highest BCUT2D eigenvalue weighted by atomic mass is 32.2. The number of hydrogen-bond acceptors (Lipinski definition) is 4. The summed E-state index contributed by atoms with van der Waals surface area (Å²) in [6, 6.07) is 12.4. The zero-order chi connectivity index (χ0) is 19.5. The fraction of sp³-hybridized carbons (Fsp3) is 0.350. The molecule has 0 radical (unpaired) electrons. The number of nitrogens with zero attached hydrogens (tertiary/aromatic N) is 1. The van der Waals surface area contributed by atoms with Crippen LogP contribution in [0.2, 0.25) is 0 Å². The number of rotatable bonds is 10. The Bertz CT molecular complexity index is 739. The van der Waals surface area contributed by atoms with Crippen molar-refractivity contribution in [2.75, 3.05) is 33.1 Å². The highest BCUT2D eigenvalue weighted by Crippen LogP contribution is 2.27. The van der Waals surface area contributed by atoms with Crippen molar-refractivity contribution in [2.45, 2.75) is 17.7 Å². The van der Waals surface area contributed by atoms with Crippen LogP contribution in [0.4, 0.5) is 4.39 Å². The van der Waals surface area contributed by atoms with Crippen LogP contribution in [0.15, 0.2) is 52.4 Å². The molecule has 27 heavy (non-hydrogen) atoms. The van der Waals surface area contributed by atoms with Gasteiger partial charge < -0.3 is 20.5 Å². The second-order valence-electron chi connectivity index (χ2n) is 5.79. The van der Waals surface area contributed by atoms with Gasteiger partial charge in [-0.25, -0.2) is 4.39 Å². The summed E-state index contributed by atoms with van der Waals surface area (Å²) in [5.41, 5.74) is 7.02. The van der Waals surface area contributed by atoms with E-state index in [4.69, 9.17) is 15.2 Å². The molecule has 146 valence electrons. The summed E-state index contributed by atoms with van der Waals surface area (Å²) in [5.74, 6) is 2.58. The van der Waals surface area contributed by atoms with Crippen LogP contribution in [0.25, 0.3) is 0 Å². The topological polar surface area (TPSA) is 68.9 Å². The van der Waals surface area contributed by atoms with Crippen LogP contribution >= 0.6 is 11.8 Å². The molecule has 2 aromatic carbocycles. The van der Waals surface area contributed by atoms with Crippen molar-refractivity contribution in [1.29, 1.82) is 0 Å². The van der Waals surface area contributed by atoms with Crippen molar-refractivity contribution in [2.24, 2.45) is 10.7 Å². The second kappa shape index (κ2) is 11.3. The predicted molar refractivity (Wildman–Crippen MR) is 109 cm³/mol. The molecule has 0 aromatic heterocycles. The Morgan fingerprint density at radius 1 is 1.11 bits per heavy atom. The first-order valence-corrected chi connectivity index (χ1v) is 9.74. The van der Waals surface area contributed by atoms with E-state index in [0.29, 0.717) is 24.8 Å². The van der Waals surface area contributed by atoms with Gasteiger partial charge in [0.15, 0.2) is 17.5 Å². The van der Waals surface area contributed by atoms with Crippen LogP contribution in [0.1, 0.15) is 12.0 Å². The van der Waals surface area contributed by atoms with Gasteiger partial charge in [0.1, 0.15) is 5.82 Å². The first-order valence-electron chi connectivity index (χ1n) is 8.75. The molecule has 0 amide bonds. The van der Waals surface area contributed by atoms with Gasteiger partial charge in [0.05, 0.1) is 14.2 Å². The van der Waals surface area contributed by atoms with Gasteiger partial charge in [-0.2, -0.15) is 0 Å². The van der Waals surface area contributed by atoms with Crippen LogP contribution in [-0.4, -0.2) is 39.0 Å². The molecule has 0 aliphatic heterocycles. The average molecular weight is 392 g/mol. The molecule has 0 spiro atoms. The van der Waals surface area contributed by atoms with E-state index >= 15 is 0 Å². The summed E-state index contributed by atoms with van der Waals surface area (Å²) in [7, 11) is 3.24. The molecule has 0 heterocycles. The van der Waals surface area contributed by atoms with E-state index in [1.807, 2.05) is 18.2 Å². The number of methoxy groups -OCH3 is 2. The van der Waals surface area contributed by atoms with Crippen molar-refractivity contribution >= 4 is 17.7 Å². The molecule has 0 aliphatic carbocycles. The number of thioether (sulfide) groups is 1. The van der Waals surface area contributed by atoms with Gasteiger partial charge in [-0.3, -0.25) is 4.99 Å². The fourth-order valence-electron chi connectivity index (χ4n) is 2.41. The molecular weight excluding hydrogens is 365 g/mol. The molecule has 3 N–H and O–H groups in total. The molecule has 0 saturated heterocycles. The zero-order valence-electron chi connectivity index (χ0n) is 15.7. The van der Waals surface area contributed by atoms with Crippen molar-refractivity contribution in [3.8, 4) is 11.5 Å². The van der Waals surface area contributed by atoms with Gasteiger partial charge in [0, 0.05) is 18.0 Å². The summed E-state index contributed by atoms with van der Waals surface area (Å²) in [4.78, 5) is 5.38. The molecule has 0 atom stereocenters. The SMILES string of the molecule is COc1ccc(CCNC(N)=NCCCSc2ccc(F)cc2)cc1OC. The Hall–Kier alpha value is -2.41. The fourth-order valence-corrected chi connectivity index (χ4v) is 3.25. The number of halogens is 1. The number of ether oxygens (including phenoxy) is 2. The number of hydrogen-bond donors (Lipinski definition) is 2. The normalized spacial score (nSPS) is 11.3. The Morgan fingerprint density at radius 2 is 1.85 bits per heavy atom. The van der Waals surface area contributed by atoms with E-state index in [1.54, 1.807) is 38.1 Å². The third kappa shape index (κ3) is 7.38. The maximum Gasteiger partial charge on any atom is 0.188 e. The first kappa shape index (κ1) is 20.9. The number of nitrogens with one attached hydrogen (secondary N) is 1. The van der Waals surface area contributed by atoms with Gasteiger partial charge in [-0.15, -0.1) is 11.8 Å². The van der Waals surface area contributed by atoms with Gasteiger partial charge >= 0.3 is 0 Å². The minimum Gasteiger partial charge on any atom is -0.493 e. The number of guanidine groups is 1. The molecule has 0 saturated carbocycles. The molecule has 7 heteroatoms. The predicted octanol–water partition coefficient (Wildman–Crippen LogP) is 3.47. The quantitative estimate of drug-likeness (QED) is 0.281. The van der Waals surface area contributed by atoms with Crippen molar-refractivity contribution in [3.63, 3.8) is 0 Å². The lowest BCUT2D eigenvalue weighted by Gasteiger charge is -2.10. The van der Waals surface area contributed by atoms with Crippen LogP contribution in [0.5, 0.6) is 11.5 Å². The summed E-state index contributed by atoms with van der Waals surface area (Å²) in [5, 5.41) is 3.12. The lowest BCUT2D eigenvalue weighted by molar-refractivity contribution is 0.354. The monoisotopic (exact) mass is 391 g/mol. The highest BCUT2D eigenvalue weighted by molar-refractivity contribution is 7.99. The highest BCUT2D eigenvalue weighted by Gasteiger charge is 2.04. The molecule has 5 nitrogen and oxygen atoms in total. The van der Waals surface area contributed by atoms with Gasteiger partial charge in [-0.05, 0) is 60.6 Å². The molecule has 0 fully saturated rings. The second-order valence-corrected chi connectivity index (χ2v) is 6.96. The number of nitrogens with two attached hydrogens (primary N) is 1. The first-order chi connectivity index (χ1) is 13.1. The molecular formula is C20H26FN3O2S. The lowest BCUT2D eigenvalue weighted by atomic mass is 10.1. The standard InChI is InChI=1S/C20H26FN3O2S/c1-25-18-9-4-15(14-19(18)26-2)10-12-24-20(22)23-11-3-13-27-17-7-5-16(21)6-8-17/h4-9,14H,3,10-13H2,1-2H3,(H3,22,23,24). The Morgan fingerprint density at radius 3 is 2.56 bits per heavy atom. The molecule has 0 unspecified atom stereocenters. The molecule has 2 aromatic rings. The minimum atomic E-state index is -0.212. The third-order valence-corrected chi connectivity index (χ3v) is 4.93. The summed E-state index contributed by atoms with van der Waals surface area (Å²) >= 11 is 1.68. The summed E-state index contributed by atoms with van der Waals surface area (Å²) in [6.07, 6.45) is 1.71. The average Bonchev–Trinajstić information content (AvgIpc) is 2.69. The van der Waals surface area contributed by atoms with Crippen molar-refractivity contribution in [1.82, 2.24) is 5.32 Å². The zero-order valence-corrected chi connectivity index (χ0v) is 16.5. The third-order valence-electron chi connectivity index (χ3n) is 3.83. The van der Waals surface area contributed by atoms with Crippen molar-refractivity contribution < 1.29 is 13.9 Å². The number of aliphatic imine (C=N–C) groups is 1. The van der Waals surface area contributed by atoms with Crippen LogP contribution in [0, 0.1) is 5.82 Å². The van der Waals surface area contributed by atoms with E-state index < -0.39 is 0 Å². The van der Waals surface area contributed by atoms with Crippen LogP contribution in [0.3, 0.4) is 0 Å². The molecule has 0 bridgehead atoms. The smallest absolute Gasteiger partial charge is 0.188 e. The largest absolute Gasteiger partial charge is 0.493 e. The summed E-state index contributed by atoms with van der Waals surface area (Å²) < 4.78 is 23.4.